The summed E-state index contributed by atoms with van der Waals surface area (Å²) in [4.78, 5) is 22.3. The molecule has 0 radical (unpaired) electrons. The molecule has 0 aliphatic heterocycles. The molecule has 82 valence electrons. The van der Waals surface area contributed by atoms with Crippen molar-refractivity contribution in [2.45, 2.75) is 44.0 Å². The molecule has 14 heavy (non-hydrogen) atoms. The Labute approximate surface area is 91.8 Å². The lowest BCUT2D eigenvalue weighted by Gasteiger charge is -2.21. The van der Waals surface area contributed by atoms with Gasteiger partial charge in [0.25, 0.3) is 0 Å². The van der Waals surface area contributed by atoms with E-state index in [-0.39, 0.29) is 12.5 Å². The summed E-state index contributed by atoms with van der Waals surface area (Å²) >= 11 is 2.90. The van der Waals surface area contributed by atoms with Gasteiger partial charge >= 0.3 is 11.9 Å². The van der Waals surface area contributed by atoms with Crippen LogP contribution >= 0.6 is 15.9 Å². The summed E-state index contributed by atoms with van der Waals surface area (Å²) in [6, 6.07) is 0. The van der Waals surface area contributed by atoms with Crippen LogP contribution in [0, 0.1) is 0 Å². The number of ether oxygens (including phenoxy) is 1. The molecule has 0 rings (SSSR count). The van der Waals surface area contributed by atoms with Crippen molar-refractivity contribution in [2.24, 2.45) is 0 Å². The molecule has 0 aliphatic carbocycles. The highest BCUT2D eigenvalue weighted by molar-refractivity contribution is 9.10. The van der Waals surface area contributed by atoms with Gasteiger partial charge in [-0.15, -0.1) is 0 Å². The second kappa shape index (κ2) is 5.34. The molecule has 0 aromatic rings. The van der Waals surface area contributed by atoms with Gasteiger partial charge in [0.1, 0.15) is 0 Å². The van der Waals surface area contributed by atoms with Crippen molar-refractivity contribution in [3.8, 4) is 0 Å². The van der Waals surface area contributed by atoms with E-state index in [9.17, 15) is 9.59 Å². The lowest BCUT2D eigenvalue weighted by molar-refractivity contribution is -0.158. The summed E-state index contributed by atoms with van der Waals surface area (Å²) in [7, 11) is 0. The van der Waals surface area contributed by atoms with E-state index >= 15 is 0 Å². The maximum Gasteiger partial charge on any atom is 0.334 e. The Kier molecular flexibility index (Phi) is 5.12. The van der Waals surface area contributed by atoms with Crippen molar-refractivity contribution in [2.75, 3.05) is 0 Å². The van der Waals surface area contributed by atoms with Gasteiger partial charge in [0.05, 0.1) is 6.10 Å². The standard InChI is InChI=1S/C9H15BrO4/c1-4-6(3)14-8(13)9(10,5-2)7(11)12/h6H,4-5H2,1-3H3,(H,11,12). The maximum atomic E-state index is 11.5. The largest absolute Gasteiger partial charge is 0.480 e. The molecular formula is C9H15BrO4. The van der Waals surface area contributed by atoms with Gasteiger partial charge in [-0.3, -0.25) is 4.79 Å². The van der Waals surface area contributed by atoms with Gasteiger partial charge < -0.3 is 9.84 Å². The van der Waals surface area contributed by atoms with Crippen LogP contribution in [0.3, 0.4) is 0 Å². The van der Waals surface area contributed by atoms with E-state index in [1.807, 2.05) is 6.92 Å². The van der Waals surface area contributed by atoms with Gasteiger partial charge in [0, 0.05) is 0 Å². The third-order valence-electron chi connectivity index (χ3n) is 2.03. The van der Waals surface area contributed by atoms with Crippen LogP contribution in [0.2, 0.25) is 0 Å². The summed E-state index contributed by atoms with van der Waals surface area (Å²) in [6.07, 6.45) is 0.556. The fraction of sp³-hybridized carbons (Fsp3) is 0.778. The molecule has 2 atom stereocenters. The average Bonchev–Trinajstić information content (AvgIpc) is 2.15. The molecule has 1 N–H and O–H groups in total. The van der Waals surface area contributed by atoms with Crippen LogP contribution < -0.4 is 0 Å². The van der Waals surface area contributed by atoms with Crippen molar-refractivity contribution in [1.29, 1.82) is 0 Å². The lowest BCUT2D eigenvalue weighted by atomic mass is 10.1. The minimum absolute atomic E-state index is 0.150. The number of carbonyl (C=O) groups is 2. The van der Waals surface area contributed by atoms with Crippen molar-refractivity contribution < 1.29 is 19.4 Å². The zero-order chi connectivity index (χ0) is 11.4. The SMILES string of the molecule is CCC(C)OC(=O)C(Br)(CC)C(=O)O. The highest BCUT2D eigenvalue weighted by Crippen LogP contribution is 2.25. The first-order chi connectivity index (χ1) is 6.38. The van der Waals surface area contributed by atoms with E-state index in [4.69, 9.17) is 9.84 Å². The molecule has 5 heteroatoms. The molecule has 0 aromatic carbocycles. The Morgan fingerprint density at radius 1 is 1.50 bits per heavy atom. The first kappa shape index (κ1) is 13.4. The van der Waals surface area contributed by atoms with Crippen LogP contribution in [0.1, 0.15) is 33.6 Å². The monoisotopic (exact) mass is 266 g/mol. The zero-order valence-corrected chi connectivity index (χ0v) is 10.1. The number of carbonyl (C=O) groups excluding carboxylic acids is 1. The molecule has 4 nitrogen and oxygen atoms in total. The van der Waals surface area contributed by atoms with Gasteiger partial charge in [-0.1, -0.05) is 29.8 Å². The Morgan fingerprint density at radius 2 is 2.00 bits per heavy atom. The third-order valence-corrected chi connectivity index (χ3v) is 3.26. The average molecular weight is 267 g/mol. The number of esters is 1. The quantitative estimate of drug-likeness (QED) is 0.470. The van der Waals surface area contributed by atoms with E-state index < -0.39 is 16.3 Å². The Hall–Kier alpha value is -0.580. The van der Waals surface area contributed by atoms with Gasteiger partial charge in [0.15, 0.2) is 0 Å². The molecule has 0 heterocycles. The maximum absolute atomic E-state index is 11.5. The molecular weight excluding hydrogens is 252 g/mol. The van der Waals surface area contributed by atoms with E-state index in [1.54, 1.807) is 13.8 Å². The number of hydrogen-bond donors (Lipinski definition) is 1. The van der Waals surface area contributed by atoms with E-state index in [0.717, 1.165) is 0 Å². The highest BCUT2D eigenvalue weighted by Gasteiger charge is 2.44. The summed E-state index contributed by atoms with van der Waals surface area (Å²) in [6.45, 7) is 5.20. The summed E-state index contributed by atoms with van der Waals surface area (Å²) in [5, 5.41) is 8.84. The van der Waals surface area contributed by atoms with Crippen molar-refractivity contribution in [1.82, 2.24) is 0 Å². The molecule has 0 saturated carbocycles. The topological polar surface area (TPSA) is 63.6 Å². The van der Waals surface area contributed by atoms with Gasteiger partial charge in [-0.05, 0) is 19.8 Å². The van der Waals surface area contributed by atoms with Crippen LogP contribution in [-0.4, -0.2) is 27.5 Å². The number of carboxylic acids is 1. The molecule has 0 bridgehead atoms. The summed E-state index contributed by atoms with van der Waals surface area (Å²) in [5.41, 5.74) is 0. The molecule has 0 spiro atoms. The highest BCUT2D eigenvalue weighted by atomic mass is 79.9. The summed E-state index contributed by atoms with van der Waals surface area (Å²) < 4.78 is 3.35. The normalized spacial score (nSPS) is 16.9. The fourth-order valence-electron chi connectivity index (χ4n) is 0.742. The van der Waals surface area contributed by atoms with Gasteiger partial charge in [-0.25, -0.2) is 4.79 Å². The molecule has 0 fully saturated rings. The second-order valence-electron chi connectivity index (χ2n) is 3.08. The van der Waals surface area contributed by atoms with Crippen molar-refractivity contribution in [3.05, 3.63) is 0 Å². The van der Waals surface area contributed by atoms with E-state index in [0.29, 0.717) is 6.42 Å². The number of alkyl halides is 1. The summed E-state index contributed by atoms with van der Waals surface area (Å²) in [5.74, 6) is -1.95. The second-order valence-corrected chi connectivity index (χ2v) is 4.44. The molecule has 0 aliphatic rings. The van der Waals surface area contributed by atoms with Gasteiger partial charge in [0.2, 0.25) is 4.32 Å². The van der Waals surface area contributed by atoms with Crippen molar-refractivity contribution in [3.63, 3.8) is 0 Å². The molecule has 0 aromatic heterocycles. The predicted molar refractivity (Wildman–Crippen MR) is 55.4 cm³/mol. The number of carboxylic acid groups (broad SMARTS) is 1. The zero-order valence-electron chi connectivity index (χ0n) is 8.54. The minimum Gasteiger partial charge on any atom is -0.480 e. The first-order valence-electron chi connectivity index (χ1n) is 4.51. The lowest BCUT2D eigenvalue weighted by Crippen LogP contribution is -2.42. The smallest absolute Gasteiger partial charge is 0.334 e. The number of rotatable bonds is 5. The number of hydrogen-bond acceptors (Lipinski definition) is 3. The number of aliphatic carboxylic acids is 1. The van der Waals surface area contributed by atoms with Crippen LogP contribution in [0.25, 0.3) is 0 Å². The Balaban J connectivity index is 4.55. The molecule has 0 saturated heterocycles. The predicted octanol–water partition coefficient (Wildman–Crippen LogP) is 1.96. The van der Waals surface area contributed by atoms with Crippen LogP contribution in [0.15, 0.2) is 0 Å². The fourth-order valence-corrected chi connectivity index (χ4v) is 0.836. The number of halogens is 1. The van der Waals surface area contributed by atoms with E-state index in [1.165, 1.54) is 0 Å². The van der Waals surface area contributed by atoms with E-state index in [2.05, 4.69) is 15.9 Å². The van der Waals surface area contributed by atoms with Crippen LogP contribution in [0.5, 0.6) is 0 Å². The first-order valence-corrected chi connectivity index (χ1v) is 5.31. The minimum atomic E-state index is -1.60. The molecule has 0 amide bonds. The third kappa shape index (κ3) is 2.97. The Morgan fingerprint density at radius 3 is 2.29 bits per heavy atom. The van der Waals surface area contributed by atoms with Gasteiger partial charge in [-0.2, -0.15) is 0 Å². The van der Waals surface area contributed by atoms with Crippen LogP contribution in [-0.2, 0) is 14.3 Å². The van der Waals surface area contributed by atoms with Crippen molar-refractivity contribution >= 4 is 27.9 Å². The Bertz CT molecular complexity index is 229. The van der Waals surface area contributed by atoms with Crippen LogP contribution in [0.4, 0.5) is 0 Å². The molecule has 2 unspecified atom stereocenters.